The highest BCUT2D eigenvalue weighted by atomic mass is 35.5. The van der Waals surface area contributed by atoms with E-state index in [2.05, 4.69) is 16.4 Å². The second kappa shape index (κ2) is 7.50. The molecule has 1 unspecified atom stereocenters. The summed E-state index contributed by atoms with van der Waals surface area (Å²) >= 11 is 6.00. The fourth-order valence-corrected chi connectivity index (χ4v) is 4.44. The van der Waals surface area contributed by atoms with Gasteiger partial charge in [0.1, 0.15) is 5.69 Å². The third-order valence-electron chi connectivity index (χ3n) is 4.28. The first-order valence-electron chi connectivity index (χ1n) is 8.25. The van der Waals surface area contributed by atoms with E-state index in [1.807, 2.05) is 0 Å². The number of H-pyrrole nitrogens is 1. The standard InChI is InChI=1S/C20H16ClN3O3S/c1-20(13-22,14-7-3-2-4-8-14)24-19(25)17-11-15(12-23-17)28(26,27)18-10-6-5-9-16(18)21/h2-12,23H,1H3,(H,24,25). The predicted octanol–water partition coefficient (Wildman–Crippen LogP) is 3.67. The number of aromatic amines is 1. The second-order valence-electron chi connectivity index (χ2n) is 6.24. The number of hydrogen-bond acceptors (Lipinski definition) is 4. The summed E-state index contributed by atoms with van der Waals surface area (Å²) in [5, 5.41) is 12.3. The van der Waals surface area contributed by atoms with Crippen LogP contribution in [0.15, 0.2) is 76.7 Å². The van der Waals surface area contributed by atoms with Crippen LogP contribution in [0.3, 0.4) is 0 Å². The molecule has 0 saturated heterocycles. The number of benzene rings is 2. The summed E-state index contributed by atoms with van der Waals surface area (Å²) in [6.07, 6.45) is 1.22. The zero-order valence-corrected chi connectivity index (χ0v) is 16.4. The molecule has 142 valence electrons. The number of nitriles is 1. The van der Waals surface area contributed by atoms with E-state index in [0.29, 0.717) is 5.56 Å². The van der Waals surface area contributed by atoms with Crippen molar-refractivity contribution < 1.29 is 13.2 Å². The van der Waals surface area contributed by atoms with Gasteiger partial charge in [-0.25, -0.2) is 8.42 Å². The molecule has 0 saturated carbocycles. The van der Waals surface area contributed by atoms with Crippen LogP contribution in [-0.2, 0) is 15.4 Å². The summed E-state index contributed by atoms with van der Waals surface area (Å²) in [6.45, 7) is 1.57. The summed E-state index contributed by atoms with van der Waals surface area (Å²) in [6, 6.07) is 18.2. The van der Waals surface area contributed by atoms with E-state index in [1.165, 1.54) is 24.4 Å². The van der Waals surface area contributed by atoms with E-state index >= 15 is 0 Å². The number of carbonyl (C=O) groups excluding carboxylic acids is 1. The lowest BCUT2D eigenvalue weighted by molar-refractivity contribution is 0.0919. The highest BCUT2D eigenvalue weighted by Crippen LogP contribution is 2.28. The molecule has 0 fully saturated rings. The van der Waals surface area contributed by atoms with E-state index in [0.717, 1.165) is 0 Å². The average Bonchev–Trinajstić information content (AvgIpc) is 3.20. The Morgan fingerprint density at radius 3 is 2.43 bits per heavy atom. The van der Waals surface area contributed by atoms with Crippen LogP contribution in [0.1, 0.15) is 23.0 Å². The Hall–Kier alpha value is -3.08. The fourth-order valence-electron chi connectivity index (χ4n) is 2.68. The van der Waals surface area contributed by atoms with Crippen molar-refractivity contribution in [3.05, 3.63) is 83.1 Å². The molecular formula is C20H16ClN3O3S. The maximum Gasteiger partial charge on any atom is 0.269 e. The number of nitrogens with zero attached hydrogens (tertiary/aromatic N) is 1. The summed E-state index contributed by atoms with van der Waals surface area (Å²) in [5.41, 5.74) is -0.644. The van der Waals surface area contributed by atoms with E-state index in [4.69, 9.17) is 11.6 Å². The molecule has 1 amide bonds. The molecule has 0 aliphatic carbocycles. The predicted molar refractivity (Wildman–Crippen MR) is 105 cm³/mol. The smallest absolute Gasteiger partial charge is 0.269 e. The zero-order chi connectivity index (χ0) is 20.4. The van der Waals surface area contributed by atoms with Crippen molar-refractivity contribution in [3.63, 3.8) is 0 Å². The van der Waals surface area contributed by atoms with Crippen molar-refractivity contribution in [1.82, 2.24) is 10.3 Å². The highest BCUT2D eigenvalue weighted by molar-refractivity contribution is 7.91. The Morgan fingerprint density at radius 1 is 1.14 bits per heavy atom. The van der Waals surface area contributed by atoms with Crippen LogP contribution in [0.5, 0.6) is 0 Å². The summed E-state index contributed by atoms with van der Waals surface area (Å²) in [4.78, 5) is 15.1. The van der Waals surface area contributed by atoms with Gasteiger partial charge in [-0.3, -0.25) is 4.79 Å². The fraction of sp³-hybridized carbons (Fsp3) is 0.100. The van der Waals surface area contributed by atoms with Gasteiger partial charge in [0, 0.05) is 6.20 Å². The lowest BCUT2D eigenvalue weighted by atomic mass is 9.93. The number of rotatable bonds is 5. The monoisotopic (exact) mass is 413 g/mol. The number of amides is 1. The molecule has 28 heavy (non-hydrogen) atoms. The molecule has 8 heteroatoms. The molecule has 0 bridgehead atoms. The van der Waals surface area contributed by atoms with Crippen LogP contribution in [0.25, 0.3) is 0 Å². The number of nitrogens with one attached hydrogen (secondary N) is 2. The second-order valence-corrected chi connectivity index (χ2v) is 8.57. The van der Waals surface area contributed by atoms with Crippen LogP contribution >= 0.6 is 11.6 Å². The topological polar surface area (TPSA) is 103 Å². The minimum Gasteiger partial charge on any atom is -0.356 e. The molecule has 0 spiro atoms. The van der Waals surface area contributed by atoms with Crippen LogP contribution in [0, 0.1) is 11.3 Å². The van der Waals surface area contributed by atoms with Crippen LogP contribution in [0.4, 0.5) is 0 Å². The summed E-state index contributed by atoms with van der Waals surface area (Å²) in [5.74, 6) is -0.603. The molecule has 0 aliphatic heterocycles. The van der Waals surface area contributed by atoms with Crippen LogP contribution < -0.4 is 5.32 Å². The number of carbonyl (C=O) groups is 1. The van der Waals surface area contributed by atoms with Gasteiger partial charge in [-0.05, 0) is 30.7 Å². The first kappa shape index (κ1) is 19.7. The van der Waals surface area contributed by atoms with Crippen molar-refractivity contribution >= 4 is 27.3 Å². The SMILES string of the molecule is CC(C#N)(NC(=O)c1cc(S(=O)(=O)c2ccccc2Cl)c[nH]1)c1ccccc1. The van der Waals surface area contributed by atoms with Gasteiger partial charge in [0.05, 0.1) is 20.9 Å². The maximum atomic E-state index is 12.8. The van der Waals surface area contributed by atoms with Gasteiger partial charge in [-0.2, -0.15) is 5.26 Å². The molecule has 2 N–H and O–H groups in total. The Labute approximate surface area is 167 Å². The normalized spacial score (nSPS) is 13.3. The Kier molecular flexibility index (Phi) is 5.27. The van der Waals surface area contributed by atoms with Crippen molar-refractivity contribution in [2.45, 2.75) is 22.3 Å². The van der Waals surface area contributed by atoms with Crippen LogP contribution in [0.2, 0.25) is 5.02 Å². The van der Waals surface area contributed by atoms with Gasteiger partial charge in [-0.1, -0.05) is 54.1 Å². The Balaban J connectivity index is 1.89. The average molecular weight is 414 g/mol. The highest BCUT2D eigenvalue weighted by Gasteiger charge is 2.30. The Morgan fingerprint density at radius 2 is 1.79 bits per heavy atom. The van der Waals surface area contributed by atoms with Gasteiger partial charge >= 0.3 is 0 Å². The van der Waals surface area contributed by atoms with E-state index < -0.39 is 21.3 Å². The number of hydrogen-bond donors (Lipinski definition) is 2. The summed E-state index contributed by atoms with van der Waals surface area (Å²) < 4.78 is 25.5. The van der Waals surface area contributed by atoms with Gasteiger partial charge in [0.15, 0.2) is 5.54 Å². The molecule has 1 aromatic heterocycles. The first-order chi connectivity index (χ1) is 13.3. The number of aromatic nitrogens is 1. The molecule has 1 heterocycles. The minimum absolute atomic E-state index is 0.0167. The summed E-state index contributed by atoms with van der Waals surface area (Å²) in [7, 11) is -3.89. The van der Waals surface area contributed by atoms with Gasteiger partial charge in [0.25, 0.3) is 5.91 Å². The van der Waals surface area contributed by atoms with Crippen molar-refractivity contribution in [2.24, 2.45) is 0 Å². The van der Waals surface area contributed by atoms with Crippen molar-refractivity contribution in [2.75, 3.05) is 0 Å². The molecule has 3 rings (SSSR count). The first-order valence-corrected chi connectivity index (χ1v) is 10.1. The van der Waals surface area contributed by atoms with E-state index in [1.54, 1.807) is 49.4 Å². The number of sulfone groups is 1. The lowest BCUT2D eigenvalue weighted by Crippen LogP contribution is -2.42. The van der Waals surface area contributed by atoms with Gasteiger partial charge in [0.2, 0.25) is 9.84 Å². The molecule has 3 aromatic rings. The molecule has 1 atom stereocenters. The molecule has 6 nitrogen and oxygen atoms in total. The van der Waals surface area contributed by atoms with Gasteiger partial charge < -0.3 is 10.3 Å². The van der Waals surface area contributed by atoms with Gasteiger partial charge in [-0.15, -0.1) is 0 Å². The molecular weight excluding hydrogens is 398 g/mol. The largest absolute Gasteiger partial charge is 0.356 e. The minimum atomic E-state index is -3.89. The van der Waals surface area contributed by atoms with E-state index in [-0.39, 0.29) is 20.5 Å². The molecule has 0 aliphatic rings. The third kappa shape index (κ3) is 3.65. The van der Waals surface area contributed by atoms with Crippen molar-refractivity contribution in [3.8, 4) is 6.07 Å². The zero-order valence-electron chi connectivity index (χ0n) is 14.8. The Bertz CT molecular complexity index is 1170. The van der Waals surface area contributed by atoms with Crippen LogP contribution in [-0.4, -0.2) is 19.3 Å². The third-order valence-corrected chi connectivity index (χ3v) is 6.51. The maximum absolute atomic E-state index is 12.8. The number of halogens is 1. The molecule has 2 aromatic carbocycles. The van der Waals surface area contributed by atoms with Crippen molar-refractivity contribution in [1.29, 1.82) is 5.26 Å². The molecule has 0 radical (unpaired) electrons. The lowest BCUT2D eigenvalue weighted by Gasteiger charge is -2.23. The quantitative estimate of drug-likeness (QED) is 0.666. The van der Waals surface area contributed by atoms with E-state index in [9.17, 15) is 18.5 Å².